The predicted molar refractivity (Wildman–Crippen MR) is 143 cm³/mol. The number of benzene rings is 3. The van der Waals surface area contributed by atoms with Crippen LogP contribution in [0.15, 0.2) is 78.5 Å². The van der Waals surface area contributed by atoms with Crippen LogP contribution in [0, 0.1) is 3.57 Å². The van der Waals surface area contributed by atoms with Crippen molar-refractivity contribution in [2.45, 2.75) is 20.0 Å². The Labute approximate surface area is 217 Å². The van der Waals surface area contributed by atoms with Crippen LogP contribution >= 0.6 is 22.6 Å². The van der Waals surface area contributed by atoms with Crippen molar-refractivity contribution in [3.05, 3.63) is 98.8 Å². The zero-order chi connectivity index (χ0) is 24.8. The molecule has 3 aromatic carbocycles. The van der Waals surface area contributed by atoms with Crippen molar-refractivity contribution in [2.24, 2.45) is 0 Å². The molecule has 1 heterocycles. The number of aryl methyl sites for hydroxylation is 1. The second kappa shape index (κ2) is 11.2. The van der Waals surface area contributed by atoms with Crippen LogP contribution in [0.3, 0.4) is 0 Å². The average Bonchev–Trinajstić information content (AvgIpc) is 3.12. The number of imide groups is 1. The van der Waals surface area contributed by atoms with Gasteiger partial charge in [-0.2, -0.15) is 0 Å². The Kier molecular flexibility index (Phi) is 7.81. The summed E-state index contributed by atoms with van der Waals surface area (Å²) in [5, 5.41) is 5.35. The van der Waals surface area contributed by atoms with E-state index in [-0.39, 0.29) is 12.2 Å². The van der Waals surface area contributed by atoms with Gasteiger partial charge < -0.3 is 15.4 Å². The van der Waals surface area contributed by atoms with Gasteiger partial charge in [-0.3, -0.25) is 9.59 Å². The van der Waals surface area contributed by atoms with Gasteiger partial charge in [-0.1, -0.05) is 55.5 Å². The lowest BCUT2D eigenvalue weighted by molar-refractivity contribution is -0.127. The van der Waals surface area contributed by atoms with Crippen molar-refractivity contribution in [1.82, 2.24) is 10.2 Å². The van der Waals surface area contributed by atoms with Gasteiger partial charge in [0.05, 0.1) is 0 Å². The molecule has 0 radical (unpaired) electrons. The lowest BCUT2D eigenvalue weighted by Crippen LogP contribution is -2.38. The molecule has 0 aromatic heterocycles. The molecule has 1 aliphatic rings. The number of hydrogen-bond donors (Lipinski definition) is 2. The van der Waals surface area contributed by atoms with Crippen molar-refractivity contribution in [2.75, 3.05) is 11.9 Å². The number of carbonyl (C=O) groups excluding carboxylic acids is 3. The maximum Gasteiger partial charge on any atom is 0.329 e. The standard InChI is InChI=1S/C27H24IN3O4/c1-2-19-7-3-5-9-22(19)29-25(32)16-31-26(33)23(30-27(31)34)15-20-8-4-6-10-24(20)35-17-18-11-13-21(28)14-12-18/h3-15H,2,16-17H2,1H3,(H,29,32)(H,30,34)/b23-15+. The van der Waals surface area contributed by atoms with Crippen LogP contribution in [-0.2, 0) is 22.6 Å². The topological polar surface area (TPSA) is 87.7 Å². The summed E-state index contributed by atoms with van der Waals surface area (Å²) in [5.41, 5.74) is 3.38. The number of carbonyl (C=O) groups is 3. The molecule has 0 unspecified atom stereocenters. The minimum atomic E-state index is -0.641. The minimum absolute atomic E-state index is 0.0853. The van der Waals surface area contributed by atoms with Gasteiger partial charge in [-0.15, -0.1) is 0 Å². The normalized spacial score (nSPS) is 14.2. The third kappa shape index (κ3) is 6.07. The second-order valence-corrected chi connectivity index (χ2v) is 9.14. The SMILES string of the molecule is CCc1ccccc1NC(=O)CN1C(=O)N/C(=C/c2ccccc2OCc2ccc(I)cc2)C1=O. The van der Waals surface area contributed by atoms with E-state index in [0.717, 1.165) is 26.0 Å². The third-order valence-electron chi connectivity index (χ3n) is 5.46. The van der Waals surface area contributed by atoms with Gasteiger partial charge in [0, 0.05) is 14.8 Å². The number of halogens is 1. The van der Waals surface area contributed by atoms with Crippen LogP contribution in [0.5, 0.6) is 5.75 Å². The van der Waals surface area contributed by atoms with Gasteiger partial charge in [0.1, 0.15) is 24.6 Å². The van der Waals surface area contributed by atoms with E-state index in [9.17, 15) is 14.4 Å². The van der Waals surface area contributed by atoms with E-state index in [1.165, 1.54) is 0 Å². The number of nitrogens with one attached hydrogen (secondary N) is 2. The maximum absolute atomic E-state index is 12.9. The first-order chi connectivity index (χ1) is 16.9. The third-order valence-corrected chi connectivity index (χ3v) is 6.18. The van der Waals surface area contributed by atoms with Gasteiger partial charge in [0.25, 0.3) is 5.91 Å². The molecule has 0 saturated carbocycles. The van der Waals surface area contributed by atoms with Crippen LogP contribution in [0.1, 0.15) is 23.6 Å². The summed E-state index contributed by atoms with van der Waals surface area (Å²) in [6.07, 6.45) is 2.31. The highest BCUT2D eigenvalue weighted by molar-refractivity contribution is 14.1. The van der Waals surface area contributed by atoms with Gasteiger partial charge in [0.2, 0.25) is 5.91 Å². The van der Waals surface area contributed by atoms with Crippen LogP contribution < -0.4 is 15.4 Å². The highest BCUT2D eigenvalue weighted by atomic mass is 127. The Hall–Kier alpha value is -3.66. The Morgan fingerprint density at radius 2 is 1.74 bits per heavy atom. The van der Waals surface area contributed by atoms with Crippen molar-refractivity contribution in [1.29, 1.82) is 0 Å². The number of ether oxygens (including phenoxy) is 1. The van der Waals surface area contributed by atoms with Crippen LogP contribution in [0.4, 0.5) is 10.5 Å². The van der Waals surface area contributed by atoms with E-state index < -0.39 is 17.8 Å². The fourth-order valence-corrected chi connectivity index (χ4v) is 3.99. The van der Waals surface area contributed by atoms with Crippen molar-refractivity contribution in [3.63, 3.8) is 0 Å². The molecule has 0 atom stereocenters. The molecular weight excluding hydrogens is 557 g/mol. The lowest BCUT2D eigenvalue weighted by atomic mass is 10.1. The molecule has 4 amide bonds. The summed E-state index contributed by atoms with van der Waals surface area (Å²) in [6, 6.07) is 22.0. The molecule has 7 nitrogen and oxygen atoms in total. The Bertz CT molecular complexity index is 1290. The monoisotopic (exact) mass is 581 g/mol. The number of anilines is 1. The Morgan fingerprint density at radius 3 is 2.51 bits per heavy atom. The number of urea groups is 1. The Balaban J connectivity index is 1.45. The van der Waals surface area contributed by atoms with Crippen LogP contribution in [0.25, 0.3) is 6.08 Å². The fraction of sp³-hybridized carbons (Fsp3) is 0.148. The molecular formula is C27H24IN3O4. The molecule has 8 heteroatoms. The van der Waals surface area contributed by atoms with Gasteiger partial charge in [-0.05, 0) is 70.5 Å². The molecule has 4 rings (SSSR count). The molecule has 0 bridgehead atoms. The van der Waals surface area contributed by atoms with Crippen LogP contribution in [0.2, 0.25) is 0 Å². The maximum atomic E-state index is 12.9. The molecule has 1 fully saturated rings. The quantitative estimate of drug-likeness (QED) is 0.224. The number of hydrogen-bond acceptors (Lipinski definition) is 4. The summed E-state index contributed by atoms with van der Waals surface area (Å²) in [7, 11) is 0. The summed E-state index contributed by atoms with van der Waals surface area (Å²) >= 11 is 2.25. The second-order valence-electron chi connectivity index (χ2n) is 7.89. The highest BCUT2D eigenvalue weighted by Crippen LogP contribution is 2.24. The zero-order valence-electron chi connectivity index (χ0n) is 19.1. The smallest absolute Gasteiger partial charge is 0.329 e. The van der Waals surface area contributed by atoms with Gasteiger partial charge >= 0.3 is 6.03 Å². The van der Waals surface area contributed by atoms with E-state index in [2.05, 4.69) is 33.2 Å². The van der Waals surface area contributed by atoms with E-state index in [1.54, 1.807) is 24.3 Å². The van der Waals surface area contributed by atoms with E-state index in [1.807, 2.05) is 61.5 Å². The fourth-order valence-electron chi connectivity index (χ4n) is 3.63. The number of para-hydroxylation sites is 2. The molecule has 1 saturated heterocycles. The number of amides is 4. The molecule has 2 N–H and O–H groups in total. The first-order valence-corrected chi connectivity index (χ1v) is 12.2. The number of nitrogens with zero attached hydrogens (tertiary/aromatic N) is 1. The summed E-state index contributed by atoms with van der Waals surface area (Å²) in [5.74, 6) is -0.439. The number of rotatable bonds is 8. The van der Waals surface area contributed by atoms with Crippen molar-refractivity contribution in [3.8, 4) is 5.75 Å². The van der Waals surface area contributed by atoms with Crippen molar-refractivity contribution < 1.29 is 19.1 Å². The molecule has 178 valence electrons. The predicted octanol–water partition coefficient (Wildman–Crippen LogP) is 4.96. The Morgan fingerprint density at radius 1 is 1.03 bits per heavy atom. The van der Waals surface area contributed by atoms with Crippen LogP contribution in [-0.4, -0.2) is 29.3 Å². The van der Waals surface area contributed by atoms with E-state index in [0.29, 0.717) is 23.6 Å². The first-order valence-electron chi connectivity index (χ1n) is 11.1. The summed E-state index contributed by atoms with van der Waals surface area (Å²) < 4.78 is 7.10. The lowest BCUT2D eigenvalue weighted by Gasteiger charge is -2.13. The molecule has 0 spiro atoms. The highest BCUT2D eigenvalue weighted by Gasteiger charge is 2.35. The molecule has 3 aromatic rings. The molecule has 1 aliphatic heterocycles. The minimum Gasteiger partial charge on any atom is -0.488 e. The van der Waals surface area contributed by atoms with Crippen molar-refractivity contribution >= 4 is 52.2 Å². The zero-order valence-corrected chi connectivity index (χ0v) is 21.2. The summed E-state index contributed by atoms with van der Waals surface area (Å²) in [4.78, 5) is 38.8. The van der Waals surface area contributed by atoms with E-state index in [4.69, 9.17) is 4.74 Å². The average molecular weight is 581 g/mol. The van der Waals surface area contributed by atoms with Gasteiger partial charge in [0.15, 0.2) is 0 Å². The largest absolute Gasteiger partial charge is 0.488 e. The van der Waals surface area contributed by atoms with Gasteiger partial charge in [-0.25, -0.2) is 9.69 Å². The summed E-state index contributed by atoms with van der Waals surface area (Å²) in [6.45, 7) is 1.97. The first kappa shape index (κ1) is 24.5. The molecule has 0 aliphatic carbocycles. The van der Waals surface area contributed by atoms with E-state index >= 15 is 0 Å². The molecule has 35 heavy (non-hydrogen) atoms.